The van der Waals surface area contributed by atoms with Crippen molar-refractivity contribution in [1.82, 2.24) is 15.7 Å². The number of aliphatic imine (C=N–C) groups is 2. The molecule has 1 fully saturated rings. The normalized spacial score (nSPS) is 16.0. The Bertz CT molecular complexity index is 574. The van der Waals surface area contributed by atoms with Crippen molar-refractivity contribution in [2.45, 2.75) is 44.4 Å². The first-order valence-electron chi connectivity index (χ1n) is 8.99. The molecule has 7 nitrogen and oxygen atoms in total. The van der Waals surface area contributed by atoms with Crippen LogP contribution in [0.25, 0.3) is 0 Å². The van der Waals surface area contributed by atoms with Gasteiger partial charge in [0.25, 0.3) is 0 Å². The van der Waals surface area contributed by atoms with E-state index in [9.17, 15) is 0 Å². The first-order chi connectivity index (χ1) is 12.3. The third kappa shape index (κ3) is 6.10. The predicted molar refractivity (Wildman–Crippen MR) is 104 cm³/mol. The highest BCUT2D eigenvalue weighted by molar-refractivity contribution is 5.86. The molecule has 1 aromatic rings. The summed E-state index contributed by atoms with van der Waals surface area (Å²) in [5, 5.41) is 6.69. The van der Waals surface area contributed by atoms with Crippen LogP contribution in [-0.2, 0) is 11.2 Å². The van der Waals surface area contributed by atoms with E-state index >= 15 is 0 Å². The maximum absolute atomic E-state index is 5.66. The average molecular weight is 346 g/mol. The number of hydrogen-bond acceptors (Lipinski definition) is 4. The molecule has 0 unspecified atom stereocenters. The second kappa shape index (κ2) is 10.8. The van der Waals surface area contributed by atoms with Crippen molar-refractivity contribution in [3.05, 3.63) is 17.5 Å². The molecule has 7 heteroatoms. The molecule has 0 spiro atoms. The highest BCUT2D eigenvalue weighted by atomic mass is 16.5. The van der Waals surface area contributed by atoms with E-state index in [1.807, 2.05) is 7.05 Å². The van der Waals surface area contributed by atoms with Crippen LogP contribution in [0, 0.1) is 0 Å². The monoisotopic (exact) mass is 346 g/mol. The van der Waals surface area contributed by atoms with E-state index in [1.54, 1.807) is 0 Å². The van der Waals surface area contributed by atoms with Gasteiger partial charge in [0.2, 0.25) is 5.96 Å². The summed E-state index contributed by atoms with van der Waals surface area (Å²) in [5.74, 6) is 0.939. The van der Waals surface area contributed by atoms with Crippen LogP contribution >= 0.6 is 0 Å². The van der Waals surface area contributed by atoms with Gasteiger partial charge in [-0.3, -0.25) is 0 Å². The molecule has 0 bridgehead atoms. The Morgan fingerprint density at radius 3 is 2.76 bits per heavy atom. The minimum absolute atomic E-state index is 0.349. The molecule has 0 saturated heterocycles. The van der Waals surface area contributed by atoms with Crippen molar-refractivity contribution >= 4 is 25.1 Å². The van der Waals surface area contributed by atoms with E-state index in [2.05, 4.69) is 50.3 Å². The van der Waals surface area contributed by atoms with Crippen LogP contribution in [0.5, 0.6) is 0 Å². The Kier molecular flexibility index (Phi) is 8.34. The lowest BCUT2D eigenvalue weighted by Crippen LogP contribution is -2.15. The minimum atomic E-state index is 0.349. The number of hydrazone groups is 1. The fraction of sp³-hybridized carbons (Fsp3) is 0.611. The Hall–Kier alpha value is -1.99. The van der Waals surface area contributed by atoms with E-state index in [1.165, 1.54) is 37.8 Å². The summed E-state index contributed by atoms with van der Waals surface area (Å²) in [6.45, 7) is 9.13. The maximum atomic E-state index is 5.66. The van der Waals surface area contributed by atoms with Crippen LogP contribution in [0.15, 0.2) is 21.2 Å². The van der Waals surface area contributed by atoms with Gasteiger partial charge < -0.3 is 15.0 Å². The van der Waals surface area contributed by atoms with E-state index in [0.717, 1.165) is 24.3 Å². The molecule has 2 rings (SSSR count). The average Bonchev–Trinajstić information content (AvgIpc) is 3.04. The van der Waals surface area contributed by atoms with Gasteiger partial charge in [0, 0.05) is 31.1 Å². The van der Waals surface area contributed by atoms with Crippen LogP contribution in [-0.4, -0.2) is 51.2 Å². The van der Waals surface area contributed by atoms with Crippen molar-refractivity contribution in [3.63, 3.8) is 0 Å². The molecule has 1 aliphatic carbocycles. The van der Waals surface area contributed by atoms with Gasteiger partial charge in [0.05, 0.1) is 18.9 Å². The molecule has 1 heterocycles. The fourth-order valence-corrected chi connectivity index (χ4v) is 3.16. The summed E-state index contributed by atoms with van der Waals surface area (Å²) in [4.78, 5) is 12.0. The number of likely N-dealkylation sites (N-methyl/N-ethyl adjacent to an activating group) is 1. The summed E-state index contributed by atoms with van der Waals surface area (Å²) in [6.07, 6.45) is 7.19. The van der Waals surface area contributed by atoms with Crippen LogP contribution in [0.2, 0.25) is 0 Å². The lowest BCUT2D eigenvalue weighted by Gasteiger charge is -2.20. The van der Waals surface area contributed by atoms with Gasteiger partial charge in [0.1, 0.15) is 0 Å². The number of ether oxygens (including phenoxy) is 1. The zero-order chi connectivity index (χ0) is 17.9. The first kappa shape index (κ1) is 19.3. The van der Waals surface area contributed by atoms with Crippen LogP contribution in [0.3, 0.4) is 0 Å². The molecule has 1 saturated carbocycles. The number of guanidine groups is 1. The number of nitrogens with one attached hydrogen (secondary N) is 3. The summed E-state index contributed by atoms with van der Waals surface area (Å²) < 4.78 is 5.66. The predicted octanol–water partition coefficient (Wildman–Crippen LogP) is 2.73. The zero-order valence-electron chi connectivity index (χ0n) is 15.2. The highest BCUT2D eigenvalue weighted by Crippen LogP contribution is 2.35. The van der Waals surface area contributed by atoms with Gasteiger partial charge >= 0.3 is 0 Å². The van der Waals surface area contributed by atoms with Gasteiger partial charge in [0.15, 0.2) is 0 Å². The van der Waals surface area contributed by atoms with Crippen molar-refractivity contribution < 1.29 is 4.74 Å². The number of nitrogens with zero attached hydrogens (tertiary/aromatic N) is 3. The molecule has 25 heavy (non-hydrogen) atoms. The zero-order valence-corrected chi connectivity index (χ0v) is 15.2. The largest absolute Gasteiger partial charge is 0.380 e. The molecule has 0 aromatic carbocycles. The third-order valence-corrected chi connectivity index (χ3v) is 4.49. The van der Waals surface area contributed by atoms with Crippen LogP contribution < -0.4 is 10.7 Å². The van der Waals surface area contributed by atoms with Crippen molar-refractivity contribution in [2.24, 2.45) is 15.1 Å². The smallest absolute Gasteiger partial charge is 0.243 e. The summed E-state index contributed by atoms with van der Waals surface area (Å²) in [7, 11) is 1.92. The second-order valence-electron chi connectivity index (χ2n) is 6.25. The fourth-order valence-electron chi connectivity index (χ4n) is 3.16. The van der Waals surface area contributed by atoms with Crippen molar-refractivity contribution in [3.8, 4) is 0 Å². The molecule has 138 valence electrons. The molecule has 0 aliphatic heterocycles. The minimum Gasteiger partial charge on any atom is -0.380 e. The number of aromatic nitrogens is 1. The van der Waals surface area contributed by atoms with Gasteiger partial charge in [-0.25, -0.2) is 15.4 Å². The summed E-state index contributed by atoms with van der Waals surface area (Å²) in [5.41, 5.74) is 5.86. The molecule has 0 radical (unpaired) electrons. The molecular formula is C18H30N6O. The Balaban J connectivity index is 2.13. The van der Waals surface area contributed by atoms with Gasteiger partial charge in [-0.15, -0.1) is 0 Å². The van der Waals surface area contributed by atoms with E-state index in [4.69, 9.17) is 4.74 Å². The maximum Gasteiger partial charge on any atom is 0.243 e. The molecule has 0 amide bonds. The summed E-state index contributed by atoms with van der Waals surface area (Å²) in [6, 6.07) is 2.13. The second-order valence-corrected chi connectivity index (χ2v) is 6.25. The van der Waals surface area contributed by atoms with E-state index in [0.29, 0.717) is 25.1 Å². The summed E-state index contributed by atoms with van der Waals surface area (Å²) >= 11 is 0. The molecule has 0 atom stereocenters. The van der Waals surface area contributed by atoms with E-state index < -0.39 is 0 Å². The number of H-pyrrole nitrogens is 1. The molecule has 1 aliphatic rings. The van der Waals surface area contributed by atoms with Crippen molar-refractivity contribution in [1.29, 1.82) is 0 Å². The number of aromatic amines is 1. The van der Waals surface area contributed by atoms with Crippen LogP contribution in [0.4, 0.5) is 5.69 Å². The molecule has 1 aromatic heterocycles. The Morgan fingerprint density at radius 1 is 1.28 bits per heavy atom. The number of hydrogen-bond donors (Lipinski definition) is 3. The van der Waals surface area contributed by atoms with Gasteiger partial charge in [-0.1, -0.05) is 19.3 Å². The Labute approximate surface area is 150 Å². The first-order valence-corrected chi connectivity index (χ1v) is 8.99. The third-order valence-electron chi connectivity index (χ3n) is 4.49. The van der Waals surface area contributed by atoms with Gasteiger partial charge in [-0.05, 0) is 38.6 Å². The van der Waals surface area contributed by atoms with E-state index in [-0.39, 0.29) is 0 Å². The van der Waals surface area contributed by atoms with Gasteiger partial charge in [-0.2, -0.15) is 5.10 Å². The lowest BCUT2D eigenvalue weighted by molar-refractivity contribution is 0.140. The molecular weight excluding hydrogens is 316 g/mol. The number of rotatable bonds is 9. The SMILES string of the molecule is C=NNC(N=C)=Nc1cc(C2CCCCC2)[nH]c1CCOCCNC. The van der Waals surface area contributed by atoms with Crippen LogP contribution in [0.1, 0.15) is 49.4 Å². The quantitative estimate of drug-likeness (QED) is 0.278. The van der Waals surface area contributed by atoms with Crippen molar-refractivity contribution in [2.75, 3.05) is 26.8 Å². The Morgan fingerprint density at radius 2 is 2.08 bits per heavy atom. The highest BCUT2D eigenvalue weighted by Gasteiger charge is 2.19. The molecule has 3 N–H and O–H groups in total. The lowest BCUT2D eigenvalue weighted by atomic mass is 9.87. The topological polar surface area (TPSA) is 86.2 Å². The standard InChI is InChI=1S/C18H30N6O/c1-19-10-12-25-11-9-15-17(23-18(20-2)24-21-3)13-16(22-15)14-7-5-4-6-8-14/h13-14,19,22H,2-12H2,1H3,(H,23,24).